The molecule has 88 valence electrons. The number of hydrogen-bond donors (Lipinski definition) is 0. The summed E-state index contributed by atoms with van der Waals surface area (Å²) >= 11 is 0. The van der Waals surface area contributed by atoms with Gasteiger partial charge in [-0.1, -0.05) is 50.8 Å². The van der Waals surface area contributed by atoms with E-state index in [-0.39, 0.29) is 0 Å². The van der Waals surface area contributed by atoms with Crippen LogP contribution in [0.1, 0.15) is 71.1 Å². The minimum Gasteiger partial charge on any atom is -0.103 e. The maximum atomic E-state index is 3.63. The van der Waals surface area contributed by atoms with Gasteiger partial charge >= 0.3 is 0 Å². The van der Waals surface area contributed by atoms with Gasteiger partial charge in [-0.3, -0.25) is 0 Å². The summed E-state index contributed by atoms with van der Waals surface area (Å²) in [7, 11) is 0. The largest absolute Gasteiger partial charge is 0.103 e. The zero-order valence-corrected chi connectivity index (χ0v) is 10.5. The fourth-order valence-electron chi connectivity index (χ4n) is 1.65. The second-order valence-corrected chi connectivity index (χ2v) is 4.25. The van der Waals surface area contributed by atoms with Crippen LogP contribution in [0.2, 0.25) is 0 Å². The Balaban J connectivity index is 0.000000265. The molecule has 1 rings (SSSR count). The van der Waals surface area contributed by atoms with Crippen molar-refractivity contribution in [3.05, 3.63) is 24.8 Å². The fourth-order valence-corrected chi connectivity index (χ4v) is 1.65. The van der Waals surface area contributed by atoms with E-state index in [1.54, 1.807) is 0 Å². The summed E-state index contributed by atoms with van der Waals surface area (Å²) in [6.45, 7) is 5.84. The first-order valence-corrected chi connectivity index (χ1v) is 6.67. The topological polar surface area (TPSA) is 0 Å². The van der Waals surface area contributed by atoms with E-state index in [1.807, 2.05) is 6.08 Å². The molecule has 0 nitrogen and oxygen atoms in total. The predicted octanol–water partition coefficient (Wildman–Crippen LogP) is 5.65. The fraction of sp³-hybridized carbons (Fsp3) is 0.733. The standard InChI is InChI=1S/C8H14.C7H14/c1-2-4-6-8-7-5-3-1;1-3-5-7-6-4-2/h1-2H,3-8H2;3H,1,4-7H2,2H3/b2-1-;. The van der Waals surface area contributed by atoms with Crippen LogP contribution in [0.5, 0.6) is 0 Å². The van der Waals surface area contributed by atoms with E-state index in [0.29, 0.717) is 0 Å². The molecule has 0 heterocycles. The molecular formula is C15H28. The highest BCUT2D eigenvalue weighted by Gasteiger charge is 1.89. The van der Waals surface area contributed by atoms with Crippen molar-refractivity contribution in [3.63, 3.8) is 0 Å². The highest BCUT2D eigenvalue weighted by atomic mass is 14.0. The Labute approximate surface area is 96.5 Å². The first-order chi connectivity index (χ1) is 7.41. The van der Waals surface area contributed by atoms with Crippen LogP contribution in [0, 0.1) is 0 Å². The normalized spacial score (nSPS) is 17.9. The van der Waals surface area contributed by atoms with Crippen LogP contribution in [-0.4, -0.2) is 0 Å². The molecule has 0 atom stereocenters. The molecule has 0 saturated carbocycles. The third-order valence-electron chi connectivity index (χ3n) is 2.67. The molecule has 0 heteroatoms. The minimum absolute atomic E-state index is 1.19. The molecular weight excluding hydrogens is 180 g/mol. The summed E-state index contributed by atoms with van der Waals surface area (Å²) in [6.07, 6.45) is 20.2. The Hall–Kier alpha value is -0.520. The van der Waals surface area contributed by atoms with E-state index in [4.69, 9.17) is 0 Å². The first-order valence-electron chi connectivity index (χ1n) is 6.67. The van der Waals surface area contributed by atoms with Crippen molar-refractivity contribution in [2.24, 2.45) is 0 Å². The van der Waals surface area contributed by atoms with Crippen molar-refractivity contribution in [2.75, 3.05) is 0 Å². The van der Waals surface area contributed by atoms with Crippen LogP contribution in [0.3, 0.4) is 0 Å². The SMILES string of the molecule is C1=C\CCCCCC/1.C=CCCCCC. The van der Waals surface area contributed by atoms with E-state index in [2.05, 4.69) is 25.7 Å². The minimum atomic E-state index is 1.19. The maximum absolute atomic E-state index is 3.63. The van der Waals surface area contributed by atoms with Gasteiger partial charge in [0.1, 0.15) is 0 Å². The zero-order valence-electron chi connectivity index (χ0n) is 10.5. The van der Waals surface area contributed by atoms with Crippen LogP contribution in [0.15, 0.2) is 24.8 Å². The van der Waals surface area contributed by atoms with E-state index < -0.39 is 0 Å². The molecule has 15 heavy (non-hydrogen) atoms. The van der Waals surface area contributed by atoms with Gasteiger partial charge in [0, 0.05) is 0 Å². The second-order valence-electron chi connectivity index (χ2n) is 4.25. The molecule has 0 aliphatic heterocycles. The number of hydrogen-bond acceptors (Lipinski definition) is 0. The van der Waals surface area contributed by atoms with E-state index >= 15 is 0 Å². The lowest BCUT2D eigenvalue weighted by molar-refractivity contribution is 0.638. The van der Waals surface area contributed by atoms with Crippen molar-refractivity contribution < 1.29 is 0 Å². The van der Waals surface area contributed by atoms with Gasteiger partial charge in [-0.05, 0) is 38.5 Å². The summed E-state index contributed by atoms with van der Waals surface area (Å²) in [5, 5.41) is 0. The lowest BCUT2D eigenvalue weighted by Gasteiger charge is -2.00. The van der Waals surface area contributed by atoms with E-state index in [1.165, 1.54) is 64.2 Å². The van der Waals surface area contributed by atoms with Gasteiger partial charge in [0.25, 0.3) is 0 Å². The molecule has 0 spiro atoms. The molecule has 1 aliphatic rings. The van der Waals surface area contributed by atoms with Gasteiger partial charge in [-0.15, -0.1) is 6.58 Å². The monoisotopic (exact) mass is 208 g/mol. The van der Waals surface area contributed by atoms with Gasteiger partial charge in [0.2, 0.25) is 0 Å². The van der Waals surface area contributed by atoms with Gasteiger partial charge in [-0.25, -0.2) is 0 Å². The van der Waals surface area contributed by atoms with Gasteiger partial charge in [0.15, 0.2) is 0 Å². The van der Waals surface area contributed by atoms with Crippen molar-refractivity contribution >= 4 is 0 Å². The summed E-state index contributed by atoms with van der Waals surface area (Å²) in [6, 6.07) is 0. The van der Waals surface area contributed by atoms with Crippen LogP contribution in [-0.2, 0) is 0 Å². The Morgan fingerprint density at radius 2 is 1.60 bits per heavy atom. The molecule has 0 fully saturated rings. The quantitative estimate of drug-likeness (QED) is 0.413. The summed E-state index contributed by atoms with van der Waals surface area (Å²) in [5.74, 6) is 0. The van der Waals surface area contributed by atoms with Crippen molar-refractivity contribution in [1.29, 1.82) is 0 Å². The van der Waals surface area contributed by atoms with Gasteiger partial charge < -0.3 is 0 Å². The third kappa shape index (κ3) is 13.5. The molecule has 0 aromatic rings. The van der Waals surface area contributed by atoms with Gasteiger partial charge in [-0.2, -0.15) is 0 Å². The molecule has 0 bridgehead atoms. The zero-order chi connectivity index (χ0) is 11.2. The molecule has 0 unspecified atom stereocenters. The van der Waals surface area contributed by atoms with Crippen molar-refractivity contribution in [2.45, 2.75) is 71.1 Å². The van der Waals surface area contributed by atoms with Crippen LogP contribution in [0.4, 0.5) is 0 Å². The molecule has 0 aromatic carbocycles. The molecule has 0 saturated heterocycles. The first kappa shape index (κ1) is 14.5. The Kier molecular flexibility index (Phi) is 13.0. The van der Waals surface area contributed by atoms with E-state index in [0.717, 1.165) is 0 Å². The number of allylic oxidation sites excluding steroid dienone is 3. The van der Waals surface area contributed by atoms with Crippen LogP contribution >= 0.6 is 0 Å². The highest BCUT2D eigenvalue weighted by Crippen LogP contribution is 2.09. The molecule has 1 aliphatic carbocycles. The van der Waals surface area contributed by atoms with Crippen molar-refractivity contribution in [3.8, 4) is 0 Å². The molecule has 0 N–H and O–H groups in total. The average Bonchev–Trinajstić information content (AvgIpc) is 2.18. The lowest BCUT2D eigenvalue weighted by Crippen LogP contribution is -1.80. The Morgan fingerprint density at radius 1 is 1.00 bits per heavy atom. The number of unbranched alkanes of at least 4 members (excludes halogenated alkanes) is 3. The van der Waals surface area contributed by atoms with Crippen LogP contribution in [0.25, 0.3) is 0 Å². The average molecular weight is 208 g/mol. The van der Waals surface area contributed by atoms with E-state index in [9.17, 15) is 0 Å². The second kappa shape index (κ2) is 13.5. The maximum Gasteiger partial charge on any atom is -0.0351 e. The third-order valence-corrected chi connectivity index (χ3v) is 2.67. The highest BCUT2D eigenvalue weighted by molar-refractivity contribution is 4.82. The summed E-state index contributed by atoms with van der Waals surface area (Å²) < 4.78 is 0. The summed E-state index contributed by atoms with van der Waals surface area (Å²) in [5.41, 5.74) is 0. The molecule has 0 radical (unpaired) electrons. The van der Waals surface area contributed by atoms with Gasteiger partial charge in [0.05, 0.1) is 0 Å². The van der Waals surface area contributed by atoms with Crippen LogP contribution < -0.4 is 0 Å². The smallest absolute Gasteiger partial charge is 0.0351 e. The molecule has 0 amide bonds. The number of rotatable bonds is 4. The van der Waals surface area contributed by atoms with Crippen molar-refractivity contribution in [1.82, 2.24) is 0 Å². The Bertz CT molecular complexity index is 134. The molecule has 0 aromatic heterocycles. The Morgan fingerprint density at radius 3 is 2.07 bits per heavy atom. The summed E-state index contributed by atoms with van der Waals surface area (Å²) in [4.78, 5) is 0. The predicted molar refractivity (Wildman–Crippen MR) is 71.2 cm³/mol. The lowest BCUT2D eigenvalue weighted by atomic mass is 10.1.